The Morgan fingerprint density at radius 3 is 2.80 bits per heavy atom. The smallest absolute Gasteiger partial charge is 0.349 e. The van der Waals surface area contributed by atoms with Crippen LogP contribution in [0.25, 0.3) is 0 Å². The Balaban J connectivity index is 1.16. The van der Waals surface area contributed by atoms with E-state index in [1.165, 1.54) is 18.2 Å². The summed E-state index contributed by atoms with van der Waals surface area (Å²) in [7, 11) is 0. The van der Waals surface area contributed by atoms with Gasteiger partial charge in [0.05, 0.1) is 19.3 Å². The first-order chi connectivity index (χ1) is 19.2. The number of hydrogen-bond acceptors (Lipinski definition) is 6. The number of piperidine rings is 1. The molecule has 5 rings (SSSR count). The quantitative estimate of drug-likeness (QED) is 0.494. The van der Waals surface area contributed by atoms with Gasteiger partial charge in [-0.3, -0.25) is 19.4 Å². The van der Waals surface area contributed by atoms with Gasteiger partial charge in [-0.05, 0) is 48.6 Å². The predicted molar refractivity (Wildman–Crippen MR) is 146 cm³/mol. The Morgan fingerprint density at radius 1 is 1.23 bits per heavy atom. The molecule has 2 unspecified atom stereocenters. The third kappa shape index (κ3) is 6.19. The van der Waals surface area contributed by atoms with Crippen LogP contribution in [0.4, 0.5) is 8.78 Å². The summed E-state index contributed by atoms with van der Waals surface area (Å²) in [6.45, 7) is 10.5. The summed E-state index contributed by atoms with van der Waals surface area (Å²) in [5.74, 6) is -4.83. The van der Waals surface area contributed by atoms with E-state index in [1.54, 1.807) is 6.07 Å². The number of ether oxygens (including phenoxy) is 2. The SMILES string of the molecule is C=C1CCC(N2Cc3cc(CNC(=O)C(F)(F)c4cccc(OCCN5CCOCC5)c4)ccc3C2C)C(=O)N1. The van der Waals surface area contributed by atoms with Gasteiger partial charge >= 0.3 is 5.92 Å². The molecule has 214 valence electrons. The minimum absolute atomic E-state index is 0.0322. The van der Waals surface area contributed by atoms with Gasteiger partial charge in [-0.2, -0.15) is 8.78 Å². The van der Waals surface area contributed by atoms with Gasteiger partial charge in [-0.1, -0.05) is 36.9 Å². The van der Waals surface area contributed by atoms with Crippen LogP contribution in [0.15, 0.2) is 54.7 Å². The molecule has 3 aliphatic rings. The highest BCUT2D eigenvalue weighted by Crippen LogP contribution is 2.37. The molecular formula is C30H36F2N4O4. The summed E-state index contributed by atoms with van der Waals surface area (Å²) in [4.78, 5) is 29.5. The number of allylic oxidation sites excluding steroid dienone is 1. The predicted octanol–water partition coefficient (Wildman–Crippen LogP) is 3.47. The molecular weight excluding hydrogens is 518 g/mol. The lowest BCUT2D eigenvalue weighted by molar-refractivity contribution is -0.147. The van der Waals surface area contributed by atoms with Crippen LogP contribution >= 0.6 is 0 Å². The van der Waals surface area contributed by atoms with Gasteiger partial charge in [0.15, 0.2) is 0 Å². The second-order valence-corrected chi connectivity index (χ2v) is 10.6. The third-order valence-electron chi connectivity index (χ3n) is 7.95. The molecule has 0 saturated carbocycles. The monoisotopic (exact) mass is 554 g/mol. The molecule has 3 heterocycles. The molecule has 40 heavy (non-hydrogen) atoms. The average molecular weight is 555 g/mol. The zero-order valence-electron chi connectivity index (χ0n) is 22.8. The highest BCUT2D eigenvalue weighted by Gasteiger charge is 2.41. The largest absolute Gasteiger partial charge is 0.492 e. The van der Waals surface area contributed by atoms with Gasteiger partial charge in [0.25, 0.3) is 5.91 Å². The number of amides is 2. The van der Waals surface area contributed by atoms with Crippen LogP contribution in [-0.2, 0) is 33.3 Å². The fourth-order valence-corrected chi connectivity index (χ4v) is 5.61. The second-order valence-electron chi connectivity index (χ2n) is 10.6. The average Bonchev–Trinajstić information content (AvgIpc) is 3.27. The molecule has 2 amide bonds. The summed E-state index contributed by atoms with van der Waals surface area (Å²) in [5.41, 5.74) is 3.18. The van der Waals surface area contributed by atoms with Gasteiger partial charge < -0.3 is 20.1 Å². The lowest BCUT2D eigenvalue weighted by Crippen LogP contribution is -2.48. The molecule has 2 aromatic carbocycles. The molecule has 2 atom stereocenters. The van der Waals surface area contributed by atoms with E-state index in [4.69, 9.17) is 9.47 Å². The molecule has 10 heteroatoms. The van der Waals surface area contributed by atoms with Crippen LogP contribution in [0.2, 0.25) is 0 Å². The van der Waals surface area contributed by atoms with Crippen LogP contribution in [0.3, 0.4) is 0 Å². The molecule has 3 aliphatic heterocycles. The van der Waals surface area contributed by atoms with Crippen molar-refractivity contribution in [1.82, 2.24) is 20.4 Å². The molecule has 0 radical (unpaired) electrons. The Labute approximate surface area is 233 Å². The fourth-order valence-electron chi connectivity index (χ4n) is 5.61. The normalized spacial score (nSPS) is 22.1. The number of halogens is 2. The molecule has 2 aromatic rings. The van der Waals surface area contributed by atoms with Crippen LogP contribution in [-0.4, -0.2) is 67.1 Å². The van der Waals surface area contributed by atoms with Crippen molar-refractivity contribution in [2.75, 3.05) is 39.5 Å². The van der Waals surface area contributed by atoms with E-state index in [-0.39, 0.29) is 24.5 Å². The number of alkyl halides is 2. The van der Waals surface area contributed by atoms with Gasteiger partial charge in [-0.25, -0.2) is 0 Å². The fraction of sp³-hybridized carbons (Fsp3) is 0.467. The maximum Gasteiger partial charge on any atom is 0.349 e. The molecule has 2 fully saturated rings. The number of morpholine rings is 1. The van der Waals surface area contributed by atoms with E-state index < -0.39 is 17.4 Å². The summed E-state index contributed by atoms with van der Waals surface area (Å²) in [6.07, 6.45) is 1.45. The molecule has 2 saturated heterocycles. The first-order valence-electron chi connectivity index (χ1n) is 13.8. The Hall–Kier alpha value is -3.34. The molecule has 0 spiro atoms. The van der Waals surface area contributed by atoms with Crippen molar-refractivity contribution < 1.29 is 27.8 Å². The Bertz CT molecular complexity index is 1260. The summed E-state index contributed by atoms with van der Waals surface area (Å²) < 4.78 is 41.2. The number of rotatable bonds is 9. The molecule has 0 aliphatic carbocycles. The highest BCUT2D eigenvalue weighted by atomic mass is 19.3. The first kappa shape index (κ1) is 28.2. The molecule has 0 aromatic heterocycles. The number of nitrogens with zero attached hydrogens (tertiary/aromatic N) is 2. The third-order valence-corrected chi connectivity index (χ3v) is 7.95. The standard InChI is InChI=1S/C30H36F2N4O4/c1-20-6-9-27(28(37)34-20)36-19-23-16-22(7-8-26(23)21(36)2)18-33-29(38)30(31,32)24-4-3-5-25(17-24)40-15-12-35-10-13-39-14-11-35/h3-5,7-8,16-17,21,27H,1,6,9-15,18-19H2,2H3,(H,33,38)(H,34,37). The van der Waals surface area contributed by atoms with Crippen LogP contribution in [0, 0.1) is 0 Å². The van der Waals surface area contributed by atoms with E-state index in [2.05, 4.69) is 33.9 Å². The minimum atomic E-state index is -3.72. The minimum Gasteiger partial charge on any atom is -0.492 e. The summed E-state index contributed by atoms with van der Waals surface area (Å²) in [5, 5.41) is 5.24. The van der Waals surface area contributed by atoms with E-state index in [0.717, 1.165) is 41.9 Å². The first-order valence-corrected chi connectivity index (χ1v) is 13.8. The van der Waals surface area contributed by atoms with E-state index >= 15 is 8.78 Å². The van der Waals surface area contributed by atoms with Crippen molar-refractivity contribution in [1.29, 1.82) is 0 Å². The molecule has 2 N–H and O–H groups in total. The second kappa shape index (κ2) is 12.0. The van der Waals surface area contributed by atoms with E-state index in [0.29, 0.717) is 45.1 Å². The zero-order valence-corrected chi connectivity index (χ0v) is 22.8. The number of benzene rings is 2. The van der Waals surface area contributed by atoms with Crippen molar-refractivity contribution in [2.24, 2.45) is 0 Å². The van der Waals surface area contributed by atoms with Crippen molar-refractivity contribution in [3.05, 3.63) is 77.0 Å². The number of fused-ring (bicyclic) bond motifs is 1. The maximum absolute atomic E-state index is 15.1. The van der Waals surface area contributed by atoms with Gasteiger partial charge in [0.2, 0.25) is 5.91 Å². The number of hydrogen-bond donors (Lipinski definition) is 2. The summed E-state index contributed by atoms with van der Waals surface area (Å²) >= 11 is 0. The number of carbonyl (C=O) groups excluding carboxylic acids is 2. The van der Waals surface area contributed by atoms with E-state index in [9.17, 15) is 9.59 Å². The Kier molecular flexibility index (Phi) is 8.48. The molecule has 8 nitrogen and oxygen atoms in total. The Morgan fingerprint density at radius 2 is 2.02 bits per heavy atom. The van der Waals surface area contributed by atoms with Crippen molar-refractivity contribution in [3.63, 3.8) is 0 Å². The number of nitrogens with one attached hydrogen (secondary N) is 2. The topological polar surface area (TPSA) is 83.1 Å². The molecule has 0 bridgehead atoms. The van der Waals surface area contributed by atoms with Gasteiger partial charge in [-0.15, -0.1) is 0 Å². The van der Waals surface area contributed by atoms with Crippen LogP contribution in [0.1, 0.15) is 48.1 Å². The van der Waals surface area contributed by atoms with Gasteiger partial charge in [0, 0.05) is 50.0 Å². The van der Waals surface area contributed by atoms with Crippen LogP contribution < -0.4 is 15.4 Å². The van der Waals surface area contributed by atoms with Crippen molar-refractivity contribution in [3.8, 4) is 5.75 Å². The highest BCUT2D eigenvalue weighted by molar-refractivity contribution is 5.85. The summed E-state index contributed by atoms with van der Waals surface area (Å²) in [6, 6.07) is 11.1. The van der Waals surface area contributed by atoms with Crippen molar-refractivity contribution >= 4 is 11.8 Å². The maximum atomic E-state index is 15.1. The van der Waals surface area contributed by atoms with Crippen molar-refractivity contribution in [2.45, 2.75) is 50.9 Å². The number of carbonyl (C=O) groups is 2. The van der Waals surface area contributed by atoms with Crippen LogP contribution in [0.5, 0.6) is 5.75 Å². The van der Waals surface area contributed by atoms with E-state index in [1.807, 2.05) is 18.2 Å². The lowest BCUT2D eigenvalue weighted by Gasteiger charge is -2.33. The van der Waals surface area contributed by atoms with Gasteiger partial charge in [0.1, 0.15) is 12.4 Å². The lowest BCUT2D eigenvalue weighted by atomic mass is 10.0. The zero-order chi connectivity index (χ0) is 28.3.